The molecule has 1 aromatic rings. The van der Waals surface area contributed by atoms with Crippen LogP contribution < -0.4 is 4.74 Å². The number of benzene rings is 1. The fourth-order valence-electron chi connectivity index (χ4n) is 3.39. The van der Waals surface area contributed by atoms with Gasteiger partial charge >= 0.3 is 6.18 Å². The summed E-state index contributed by atoms with van der Waals surface area (Å²) in [6.07, 6.45) is -3.81. The van der Waals surface area contributed by atoms with E-state index in [1.165, 1.54) is 0 Å². The maximum atomic E-state index is 12.8. The van der Waals surface area contributed by atoms with Gasteiger partial charge in [0.15, 0.2) is 0 Å². The van der Waals surface area contributed by atoms with Crippen LogP contribution in [0.5, 0.6) is 5.75 Å². The molecule has 0 aromatic heterocycles. The lowest BCUT2D eigenvalue weighted by molar-refractivity contribution is -0.193. The zero-order valence-electron chi connectivity index (χ0n) is 11.3. The van der Waals surface area contributed by atoms with E-state index in [9.17, 15) is 18.3 Å². The first-order chi connectivity index (χ1) is 9.79. The van der Waals surface area contributed by atoms with Crippen molar-refractivity contribution in [3.63, 3.8) is 0 Å². The molecule has 0 amide bonds. The Labute approximate surface area is 125 Å². The van der Waals surface area contributed by atoms with Gasteiger partial charge in [-0.25, -0.2) is 0 Å². The quantitative estimate of drug-likeness (QED) is 0.754. The summed E-state index contributed by atoms with van der Waals surface area (Å²) < 4.78 is 44.2. The Morgan fingerprint density at radius 2 is 1.90 bits per heavy atom. The molecule has 116 valence electrons. The van der Waals surface area contributed by atoms with Gasteiger partial charge in [-0.2, -0.15) is 13.2 Å². The number of aliphatic hydroxyl groups is 1. The van der Waals surface area contributed by atoms with Gasteiger partial charge in [0.1, 0.15) is 11.4 Å². The van der Waals surface area contributed by atoms with Gasteiger partial charge in [-0.05, 0) is 43.9 Å². The van der Waals surface area contributed by atoms with Crippen molar-refractivity contribution in [2.24, 2.45) is 5.92 Å². The minimum atomic E-state index is -4.14. The molecule has 0 bridgehead atoms. The molecular formula is C15H16ClF3O2. The van der Waals surface area contributed by atoms with Gasteiger partial charge < -0.3 is 9.84 Å². The normalized spacial score (nSPS) is 32.6. The molecule has 1 atom stereocenters. The van der Waals surface area contributed by atoms with Gasteiger partial charge in [-0.1, -0.05) is 11.6 Å². The van der Waals surface area contributed by atoms with Gasteiger partial charge in [0, 0.05) is 17.0 Å². The average Bonchev–Trinajstić information content (AvgIpc) is 2.39. The van der Waals surface area contributed by atoms with Crippen molar-refractivity contribution in [1.82, 2.24) is 0 Å². The molecule has 0 saturated heterocycles. The number of hydrogen-bond donors (Lipinski definition) is 1. The Bertz CT molecular complexity index is 536. The molecule has 1 saturated carbocycles. The Morgan fingerprint density at radius 1 is 1.24 bits per heavy atom. The second-order valence-corrected chi connectivity index (χ2v) is 6.44. The molecule has 3 rings (SSSR count). The number of halogens is 4. The van der Waals surface area contributed by atoms with Crippen LogP contribution in [-0.4, -0.2) is 16.9 Å². The number of ether oxygens (including phenoxy) is 1. The molecule has 1 aliphatic heterocycles. The van der Waals surface area contributed by atoms with E-state index in [2.05, 4.69) is 0 Å². The highest BCUT2D eigenvalue weighted by Crippen LogP contribution is 2.50. The van der Waals surface area contributed by atoms with Crippen LogP contribution in [0.1, 0.15) is 43.8 Å². The predicted molar refractivity (Wildman–Crippen MR) is 72.4 cm³/mol. The third kappa shape index (κ3) is 2.86. The maximum Gasteiger partial charge on any atom is 0.391 e. The zero-order chi connectivity index (χ0) is 15.3. The first kappa shape index (κ1) is 15.0. The predicted octanol–water partition coefficient (Wildman–Crippen LogP) is 4.65. The second kappa shape index (κ2) is 5.06. The molecule has 0 unspecified atom stereocenters. The fourth-order valence-corrected chi connectivity index (χ4v) is 3.57. The third-order valence-electron chi connectivity index (χ3n) is 4.58. The lowest BCUT2D eigenvalue weighted by Crippen LogP contribution is -2.46. The molecule has 1 spiro atoms. The largest absolute Gasteiger partial charge is 0.487 e. The molecule has 2 nitrogen and oxygen atoms in total. The van der Waals surface area contributed by atoms with Crippen molar-refractivity contribution < 1.29 is 23.0 Å². The summed E-state index contributed by atoms with van der Waals surface area (Å²) in [6, 6.07) is 4.99. The summed E-state index contributed by atoms with van der Waals surface area (Å²) in [6.45, 7) is 0. The highest BCUT2D eigenvalue weighted by Gasteiger charge is 2.49. The van der Waals surface area contributed by atoms with Crippen LogP contribution in [-0.2, 0) is 0 Å². The zero-order valence-corrected chi connectivity index (χ0v) is 12.0. The van der Waals surface area contributed by atoms with Gasteiger partial charge in [0.05, 0.1) is 12.0 Å². The van der Waals surface area contributed by atoms with Crippen molar-refractivity contribution in [1.29, 1.82) is 0 Å². The van der Waals surface area contributed by atoms with E-state index in [4.69, 9.17) is 16.3 Å². The lowest BCUT2D eigenvalue weighted by atomic mass is 9.74. The van der Waals surface area contributed by atoms with Crippen molar-refractivity contribution in [2.45, 2.75) is 50.0 Å². The first-order valence-electron chi connectivity index (χ1n) is 7.02. The molecular weight excluding hydrogens is 305 g/mol. The van der Waals surface area contributed by atoms with Crippen LogP contribution in [0.2, 0.25) is 5.02 Å². The number of hydrogen-bond acceptors (Lipinski definition) is 2. The number of alkyl halides is 3. The van der Waals surface area contributed by atoms with E-state index in [1.807, 2.05) is 0 Å². The lowest BCUT2D eigenvalue weighted by Gasteiger charge is -2.45. The molecule has 1 aliphatic carbocycles. The summed E-state index contributed by atoms with van der Waals surface area (Å²) in [4.78, 5) is 0. The van der Waals surface area contributed by atoms with E-state index in [-0.39, 0.29) is 12.8 Å². The van der Waals surface area contributed by atoms with E-state index in [1.54, 1.807) is 18.2 Å². The summed E-state index contributed by atoms with van der Waals surface area (Å²) in [5, 5.41) is 10.8. The fraction of sp³-hybridized carbons (Fsp3) is 0.600. The topological polar surface area (TPSA) is 29.5 Å². The Kier molecular flexibility index (Phi) is 3.61. The monoisotopic (exact) mass is 320 g/mol. The van der Waals surface area contributed by atoms with Gasteiger partial charge in [0.2, 0.25) is 0 Å². The Balaban J connectivity index is 1.79. The average molecular weight is 321 g/mol. The van der Waals surface area contributed by atoms with E-state index < -0.39 is 23.8 Å². The number of rotatable bonds is 0. The summed E-state index contributed by atoms with van der Waals surface area (Å²) in [5.41, 5.74) is -0.0618. The number of aliphatic hydroxyl groups excluding tert-OH is 1. The standard InChI is InChI=1S/C15H16ClF3O2/c16-10-1-2-13-11(7-10)12(20)8-14(21-13)5-3-9(4-6-14)15(17,18)19/h1-2,7,9,12,20H,3-6,8H2/t9?,12-,14?/m1/s1. The van der Waals surface area contributed by atoms with Crippen molar-refractivity contribution in [2.75, 3.05) is 0 Å². The van der Waals surface area contributed by atoms with Crippen molar-refractivity contribution in [3.8, 4) is 5.75 Å². The summed E-state index contributed by atoms with van der Waals surface area (Å²) in [5.74, 6) is -0.723. The highest BCUT2D eigenvalue weighted by molar-refractivity contribution is 6.30. The van der Waals surface area contributed by atoms with Gasteiger partial charge in [-0.3, -0.25) is 0 Å². The third-order valence-corrected chi connectivity index (χ3v) is 4.82. The second-order valence-electron chi connectivity index (χ2n) is 6.00. The van der Waals surface area contributed by atoms with Crippen LogP contribution in [0.25, 0.3) is 0 Å². The Morgan fingerprint density at radius 3 is 2.52 bits per heavy atom. The van der Waals surface area contributed by atoms with Crippen molar-refractivity contribution >= 4 is 11.6 Å². The van der Waals surface area contributed by atoms with Gasteiger partial charge in [-0.15, -0.1) is 0 Å². The minimum Gasteiger partial charge on any atom is -0.487 e. The molecule has 2 aliphatic rings. The van der Waals surface area contributed by atoms with Crippen LogP contribution in [0, 0.1) is 5.92 Å². The molecule has 1 aromatic carbocycles. The highest BCUT2D eigenvalue weighted by atomic mass is 35.5. The molecule has 6 heteroatoms. The van der Waals surface area contributed by atoms with Crippen LogP contribution in [0.15, 0.2) is 18.2 Å². The van der Waals surface area contributed by atoms with E-state index in [0.29, 0.717) is 35.6 Å². The van der Waals surface area contributed by atoms with Crippen LogP contribution in [0.4, 0.5) is 13.2 Å². The molecule has 1 fully saturated rings. The minimum absolute atomic E-state index is 0.0547. The SMILES string of the molecule is O[C@@H]1CC2(CCC(C(F)(F)F)CC2)Oc2ccc(Cl)cc21. The summed E-state index contributed by atoms with van der Waals surface area (Å²) in [7, 11) is 0. The molecule has 1 N–H and O–H groups in total. The van der Waals surface area contributed by atoms with E-state index >= 15 is 0 Å². The number of fused-ring (bicyclic) bond motifs is 1. The van der Waals surface area contributed by atoms with Crippen molar-refractivity contribution in [3.05, 3.63) is 28.8 Å². The first-order valence-corrected chi connectivity index (χ1v) is 7.40. The van der Waals surface area contributed by atoms with E-state index in [0.717, 1.165) is 0 Å². The van der Waals surface area contributed by atoms with Crippen LogP contribution >= 0.6 is 11.6 Å². The maximum absolute atomic E-state index is 12.8. The molecule has 1 heterocycles. The Hall–Kier alpha value is -0.940. The summed E-state index contributed by atoms with van der Waals surface area (Å²) >= 11 is 5.90. The smallest absolute Gasteiger partial charge is 0.391 e. The van der Waals surface area contributed by atoms with Gasteiger partial charge in [0.25, 0.3) is 0 Å². The molecule has 0 radical (unpaired) electrons. The van der Waals surface area contributed by atoms with Crippen LogP contribution in [0.3, 0.4) is 0 Å². The molecule has 21 heavy (non-hydrogen) atoms.